The summed E-state index contributed by atoms with van der Waals surface area (Å²) < 4.78 is 0. The molecule has 0 radical (unpaired) electrons. The van der Waals surface area contributed by atoms with E-state index in [-0.39, 0.29) is 137 Å². The van der Waals surface area contributed by atoms with Crippen LogP contribution in [0.3, 0.4) is 0 Å². The number of aliphatic hydroxyl groups is 2. The fourth-order valence-corrected chi connectivity index (χ4v) is 0. The monoisotopic (exact) mass is 158 g/mol. The molecule has 0 aromatic carbocycles. The molecular formula is C2H10Na4O2. The first-order valence-electron chi connectivity index (χ1n) is 1.13. The second-order valence-electron chi connectivity index (χ2n) is 0.447. The van der Waals surface area contributed by atoms with Gasteiger partial charge in [0, 0.05) is 0 Å². The van der Waals surface area contributed by atoms with Crippen molar-refractivity contribution < 1.29 is 134 Å². The van der Waals surface area contributed by atoms with Crippen LogP contribution in [0.2, 0.25) is 0 Å². The van der Waals surface area contributed by atoms with E-state index in [1.54, 1.807) is 0 Å². The van der Waals surface area contributed by atoms with Crippen LogP contribution in [-0.4, -0.2) is 23.4 Å². The molecule has 0 heterocycles. The first-order chi connectivity index (χ1) is 1.91. The molecule has 6 heteroatoms. The van der Waals surface area contributed by atoms with Gasteiger partial charge in [0.05, 0.1) is 13.2 Å². The minimum absolute atomic E-state index is 0. The molecule has 0 aromatic rings. The summed E-state index contributed by atoms with van der Waals surface area (Å²) >= 11 is 0. The van der Waals surface area contributed by atoms with E-state index in [0.717, 1.165) is 0 Å². The zero-order chi connectivity index (χ0) is 3.41. The third-order valence-electron chi connectivity index (χ3n) is 0.1000. The van der Waals surface area contributed by atoms with Gasteiger partial charge in [0.25, 0.3) is 0 Å². The molecule has 34 valence electrons. The molecule has 8 heavy (non-hydrogen) atoms. The standard InChI is InChI=1S/C2H6O2.4Na.4H/c3-1-2-4;;;;;;;;/h3-4H,1-2H2;;;;;;;;/q;4*+1;4*-1. The molecule has 0 saturated heterocycles. The molecular weight excluding hydrogens is 148 g/mol. The predicted molar refractivity (Wildman–Crippen MR) is 18.6 cm³/mol. The molecule has 0 spiro atoms. The average molecular weight is 158 g/mol. The summed E-state index contributed by atoms with van der Waals surface area (Å²) in [5.41, 5.74) is 0. The molecule has 0 aromatic heterocycles. The van der Waals surface area contributed by atoms with Crippen molar-refractivity contribution in [3.05, 3.63) is 0 Å². The van der Waals surface area contributed by atoms with Crippen LogP contribution in [0, 0.1) is 0 Å². The summed E-state index contributed by atoms with van der Waals surface area (Å²) in [5.74, 6) is 0. The maximum Gasteiger partial charge on any atom is 1.00 e. The number of hydrogen-bond acceptors (Lipinski definition) is 2. The fraction of sp³-hybridized carbons (Fsp3) is 1.00. The zero-order valence-corrected chi connectivity index (χ0v) is 14.3. The minimum Gasteiger partial charge on any atom is -1.00 e. The van der Waals surface area contributed by atoms with Gasteiger partial charge in [0.1, 0.15) is 0 Å². The SMILES string of the molecule is OCCO.[H-].[H-].[H-].[H-].[Na+].[Na+].[Na+].[Na+]. The Bertz CT molecular complexity index is 25.0. The normalized spacial score (nSPS) is 3.75. The Morgan fingerprint density at radius 2 is 0.875 bits per heavy atom. The van der Waals surface area contributed by atoms with Crippen LogP contribution >= 0.6 is 0 Å². The Kier molecular flexibility index (Phi) is 114. The van der Waals surface area contributed by atoms with Gasteiger partial charge in [-0.05, 0) is 0 Å². The fourth-order valence-electron chi connectivity index (χ4n) is 0. The van der Waals surface area contributed by atoms with Crippen molar-refractivity contribution in [1.82, 2.24) is 0 Å². The van der Waals surface area contributed by atoms with E-state index in [1.165, 1.54) is 0 Å². The van der Waals surface area contributed by atoms with Gasteiger partial charge in [-0.2, -0.15) is 0 Å². The van der Waals surface area contributed by atoms with Gasteiger partial charge in [-0.25, -0.2) is 0 Å². The summed E-state index contributed by atoms with van der Waals surface area (Å²) in [7, 11) is 0. The van der Waals surface area contributed by atoms with Crippen molar-refractivity contribution in [3.63, 3.8) is 0 Å². The number of rotatable bonds is 1. The van der Waals surface area contributed by atoms with Crippen LogP contribution in [-0.2, 0) is 0 Å². The Morgan fingerprint density at radius 3 is 0.875 bits per heavy atom. The molecule has 0 amide bonds. The Labute approximate surface area is 144 Å². The van der Waals surface area contributed by atoms with E-state index < -0.39 is 0 Å². The van der Waals surface area contributed by atoms with Crippen LogP contribution in [0.15, 0.2) is 0 Å². The first-order valence-corrected chi connectivity index (χ1v) is 1.13. The average Bonchev–Trinajstić information content (AvgIpc) is 1.37. The van der Waals surface area contributed by atoms with E-state index >= 15 is 0 Å². The van der Waals surface area contributed by atoms with Gasteiger partial charge in [-0.1, -0.05) is 0 Å². The van der Waals surface area contributed by atoms with Crippen LogP contribution in [0.5, 0.6) is 0 Å². The number of aliphatic hydroxyl groups excluding tert-OH is 2. The molecule has 0 unspecified atom stereocenters. The van der Waals surface area contributed by atoms with E-state index in [1.807, 2.05) is 0 Å². The molecule has 0 fully saturated rings. The van der Waals surface area contributed by atoms with E-state index in [2.05, 4.69) is 0 Å². The second kappa shape index (κ2) is 30.7. The topological polar surface area (TPSA) is 40.5 Å². The maximum atomic E-state index is 7.62. The van der Waals surface area contributed by atoms with E-state index in [9.17, 15) is 0 Å². The van der Waals surface area contributed by atoms with Crippen molar-refractivity contribution in [3.8, 4) is 0 Å². The van der Waals surface area contributed by atoms with Crippen molar-refractivity contribution >= 4 is 0 Å². The molecule has 2 nitrogen and oxygen atoms in total. The van der Waals surface area contributed by atoms with Gasteiger partial charge in [0.15, 0.2) is 0 Å². The van der Waals surface area contributed by atoms with Gasteiger partial charge >= 0.3 is 118 Å². The Balaban J connectivity index is -0.00000000161. The van der Waals surface area contributed by atoms with Crippen molar-refractivity contribution in [2.24, 2.45) is 0 Å². The second-order valence-corrected chi connectivity index (χ2v) is 0.447. The molecule has 0 bridgehead atoms. The quantitative estimate of drug-likeness (QED) is 0.372. The van der Waals surface area contributed by atoms with Gasteiger partial charge in [0.2, 0.25) is 0 Å². The maximum absolute atomic E-state index is 7.62. The van der Waals surface area contributed by atoms with Crippen LogP contribution in [0.25, 0.3) is 0 Å². The third kappa shape index (κ3) is 32.6. The van der Waals surface area contributed by atoms with Crippen molar-refractivity contribution in [2.75, 3.05) is 13.2 Å². The molecule has 0 saturated carbocycles. The van der Waals surface area contributed by atoms with Crippen LogP contribution in [0.1, 0.15) is 5.71 Å². The summed E-state index contributed by atoms with van der Waals surface area (Å²) in [6, 6.07) is 0. The van der Waals surface area contributed by atoms with E-state index in [0.29, 0.717) is 0 Å². The molecule has 0 aliphatic rings. The predicted octanol–water partition coefficient (Wildman–Crippen LogP) is -12.6. The third-order valence-corrected chi connectivity index (χ3v) is 0.1000. The molecule has 0 aliphatic carbocycles. The largest absolute Gasteiger partial charge is 1.00 e. The summed E-state index contributed by atoms with van der Waals surface area (Å²) in [6.07, 6.45) is 0. The van der Waals surface area contributed by atoms with Crippen LogP contribution in [0.4, 0.5) is 0 Å². The minimum atomic E-state index is -0.125. The number of hydrogen-bond donors (Lipinski definition) is 2. The Morgan fingerprint density at radius 1 is 0.750 bits per heavy atom. The molecule has 0 atom stereocenters. The summed E-state index contributed by atoms with van der Waals surface area (Å²) in [5, 5.41) is 15.2. The summed E-state index contributed by atoms with van der Waals surface area (Å²) in [4.78, 5) is 0. The van der Waals surface area contributed by atoms with Crippen molar-refractivity contribution in [2.45, 2.75) is 0 Å². The summed E-state index contributed by atoms with van der Waals surface area (Å²) in [6.45, 7) is -0.250. The Hall–Kier alpha value is 3.92. The first kappa shape index (κ1) is 29.7. The van der Waals surface area contributed by atoms with Gasteiger partial charge in [-0.3, -0.25) is 0 Å². The van der Waals surface area contributed by atoms with Crippen LogP contribution < -0.4 is 118 Å². The van der Waals surface area contributed by atoms with E-state index in [4.69, 9.17) is 10.2 Å². The zero-order valence-electron chi connectivity index (χ0n) is 10.3. The smallest absolute Gasteiger partial charge is 1.00 e. The van der Waals surface area contributed by atoms with Crippen molar-refractivity contribution in [1.29, 1.82) is 0 Å². The molecule has 2 N–H and O–H groups in total. The van der Waals surface area contributed by atoms with Gasteiger partial charge < -0.3 is 15.9 Å². The molecule has 0 rings (SSSR count). The van der Waals surface area contributed by atoms with Gasteiger partial charge in [-0.15, -0.1) is 0 Å². The molecule has 0 aliphatic heterocycles.